The molecular weight excluding hydrogens is 270 g/mol. The van der Waals surface area contributed by atoms with Crippen LogP contribution in [0.1, 0.15) is 24.9 Å². The lowest BCUT2D eigenvalue weighted by molar-refractivity contribution is -0.140. The predicted molar refractivity (Wildman–Crippen MR) is 76.3 cm³/mol. The minimum absolute atomic E-state index is 0.195. The van der Waals surface area contributed by atoms with E-state index in [1.54, 1.807) is 11.8 Å². The number of carbonyl (C=O) groups is 1. The number of rotatable bonds is 6. The monoisotopic (exact) mass is 287 g/mol. The van der Waals surface area contributed by atoms with Crippen LogP contribution in [-0.2, 0) is 9.53 Å². The van der Waals surface area contributed by atoms with Crippen molar-refractivity contribution < 1.29 is 9.53 Å². The van der Waals surface area contributed by atoms with Gasteiger partial charge in [0.1, 0.15) is 0 Å². The number of hydrogen-bond acceptors (Lipinski definition) is 4. The van der Waals surface area contributed by atoms with E-state index in [-0.39, 0.29) is 12.0 Å². The highest BCUT2D eigenvalue weighted by molar-refractivity contribution is 7.99. The van der Waals surface area contributed by atoms with Gasteiger partial charge in [-0.2, -0.15) is 0 Å². The fourth-order valence-electron chi connectivity index (χ4n) is 1.42. The number of methoxy groups -OCH3 is 1. The summed E-state index contributed by atoms with van der Waals surface area (Å²) >= 11 is 7.78. The third-order valence-electron chi connectivity index (χ3n) is 2.68. The molecule has 0 bridgehead atoms. The zero-order valence-electron chi connectivity index (χ0n) is 10.8. The van der Waals surface area contributed by atoms with Gasteiger partial charge in [0.15, 0.2) is 0 Å². The first-order valence-electron chi connectivity index (χ1n) is 5.74. The van der Waals surface area contributed by atoms with Gasteiger partial charge in [0.05, 0.1) is 18.6 Å². The molecule has 0 amide bonds. The average Bonchev–Trinajstić information content (AvgIpc) is 2.39. The highest BCUT2D eigenvalue weighted by Gasteiger charge is 2.08. The maximum absolute atomic E-state index is 11.0. The molecule has 100 valence electrons. The van der Waals surface area contributed by atoms with Gasteiger partial charge in [-0.3, -0.25) is 4.79 Å². The summed E-state index contributed by atoms with van der Waals surface area (Å²) < 4.78 is 4.59. The molecule has 0 aliphatic rings. The first-order valence-corrected chi connectivity index (χ1v) is 7.11. The van der Waals surface area contributed by atoms with Crippen molar-refractivity contribution in [2.75, 3.05) is 19.9 Å². The molecule has 0 aliphatic carbocycles. The van der Waals surface area contributed by atoms with Gasteiger partial charge in [0.25, 0.3) is 0 Å². The molecule has 1 atom stereocenters. The molecule has 18 heavy (non-hydrogen) atoms. The Kier molecular flexibility index (Phi) is 6.54. The van der Waals surface area contributed by atoms with Crippen molar-refractivity contribution in [3.8, 4) is 0 Å². The van der Waals surface area contributed by atoms with Gasteiger partial charge < -0.3 is 10.1 Å². The Morgan fingerprint density at radius 1 is 1.56 bits per heavy atom. The molecule has 1 aromatic carbocycles. The summed E-state index contributed by atoms with van der Waals surface area (Å²) in [6, 6.07) is 6.28. The number of ether oxygens (including phenoxy) is 1. The second-order valence-corrected chi connectivity index (χ2v) is 5.42. The molecule has 1 rings (SSSR count). The van der Waals surface area contributed by atoms with Gasteiger partial charge in [0, 0.05) is 16.7 Å². The Morgan fingerprint density at radius 2 is 2.28 bits per heavy atom. The second-order valence-electron chi connectivity index (χ2n) is 3.87. The van der Waals surface area contributed by atoms with Crippen LogP contribution < -0.4 is 5.32 Å². The topological polar surface area (TPSA) is 38.3 Å². The smallest absolute Gasteiger partial charge is 0.306 e. The Hall–Kier alpha value is -0.710. The molecule has 0 spiro atoms. The van der Waals surface area contributed by atoms with Crippen molar-refractivity contribution >= 4 is 29.3 Å². The third-order valence-corrected chi connectivity index (χ3v) is 4.18. The van der Waals surface area contributed by atoms with Gasteiger partial charge in [-0.1, -0.05) is 17.7 Å². The summed E-state index contributed by atoms with van der Waals surface area (Å²) in [6.45, 7) is 2.08. The number of carbonyl (C=O) groups excluding carboxylic acids is 1. The zero-order valence-corrected chi connectivity index (χ0v) is 12.4. The van der Waals surface area contributed by atoms with E-state index >= 15 is 0 Å². The number of hydrogen-bond donors (Lipinski definition) is 1. The fourth-order valence-corrected chi connectivity index (χ4v) is 2.62. The zero-order chi connectivity index (χ0) is 13.5. The number of esters is 1. The van der Waals surface area contributed by atoms with Crippen molar-refractivity contribution in [1.29, 1.82) is 0 Å². The van der Waals surface area contributed by atoms with E-state index in [1.165, 1.54) is 7.11 Å². The van der Waals surface area contributed by atoms with E-state index in [0.717, 1.165) is 15.5 Å². The normalized spacial score (nSPS) is 12.2. The number of halogens is 1. The lowest BCUT2D eigenvalue weighted by atomic mass is 10.1. The molecule has 0 heterocycles. The maximum Gasteiger partial charge on any atom is 0.306 e. The van der Waals surface area contributed by atoms with E-state index in [9.17, 15) is 4.79 Å². The van der Waals surface area contributed by atoms with Gasteiger partial charge in [-0.05, 0) is 31.7 Å². The molecule has 1 unspecified atom stereocenters. The lowest BCUT2D eigenvalue weighted by Crippen LogP contribution is -2.12. The van der Waals surface area contributed by atoms with Gasteiger partial charge >= 0.3 is 5.97 Å². The van der Waals surface area contributed by atoms with Crippen LogP contribution in [0.5, 0.6) is 0 Å². The van der Waals surface area contributed by atoms with Crippen LogP contribution in [0.25, 0.3) is 0 Å². The van der Waals surface area contributed by atoms with Crippen molar-refractivity contribution in [2.24, 2.45) is 0 Å². The predicted octanol–water partition coefficient (Wildman–Crippen LogP) is 3.28. The fraction of sp³-hybridized carbons (Fsp3) is 0.462. The SMILES string of the molecule is CNC(C)c1ccc(SCCC(=O)OC)c(Cl)c1. The van der Waals surface area contributed by atoms with Crippen LogP contribution in [0.15, 0.2) is 23.1 Å². The van der Waals surface area contributed by atoms with Crippen molar-refractivity contribution in [3.63, 3.8) is 0 Å². The molecule has 0 saturated carbocycles. The van der Waals surface area contributed by atoms with Crippen LogP contribution in [0.3, 0.4) is 0 Å². The van der Waals surface area contributed by atoms with Gasteiger partial charge in [-0.15, -0.1) is 11.8 Å². The summed E-state index contributed by atoms with van der Waals surface area (Å²) in [5.41, 5.74) is 1.15. The number of thioether (sulfide) groups is 1. The molecular formula is C13H18ClNO2S. The summed E-state index contributed by atoms with van der Waals surface area (Å²) in [4.78, 5) is 12.0. The van der Waals surface area contributed by atoms with Crippen molar-refractivity contribution in [2.45, 2.75) is 24.3 Å². The molecule has 3 nitrogen and oxygen atoms in total. The van der Waals surface area contributed by atoms with Crippen LogP contribution in [0.2, 0.25) is 5.02 Å². The number of nitrogens with one attached hydrogen (secondary N) is 1. The maximum atomic E-state index is 11.0. The van der Waals surface area contributed by atoms with Crippen LogP contribution in [0.4, 0.5) is 0 Å². The molecule has 1 aromatic rings. The largest absolute Gasteiger partial charge is 0.469 e. The van der Waals surface area contributed by atoms with Crippen LogP contribution in [-0.4, -0.2) is 25.9 Å². The molecule has 0 aliphatic heterocycles. The molecule has 0 radical (unpaired) electrons. The minimum atomic E-state index is -0.195. The summed E-state index contributed by atoms with van der Waals surface area (Å²) in [5.74, 6) is 0.479. The van der Waals surface area contributed by atoms with Gasteiger partial charge in [-0.25, -0.2) is 0 Å². The molecule has 0 saturated heterocycles. The average molecular weight is 288 g/mol. The van der Waals surface area contributed by atoms with E-state index in [0.29, 0.717) is 12.2 Å². The molecule has 0 fully saturated rings. The van der Waals surface area contributed by atoms with Crippen molar-refractivity contribution in [1.82, 2.24) is 5.32 Å². The van der Waals surface area contributed by atoms with Crippen LogP contribution >= 0.6 is 23.4 Å². The van der Waals surface area contributed by atoms with Crippen LogP contribution in [0, 0.1) is 0 Å². The second kappa shape index (κ2) is 7.67. The Labute approximate surface area is 117 Å². The van der Waals surface area contributed by atoms with E-state index in [2.05, 4.69) is 17.0 Å². The van der Waals surface area contributed by atoms with E-state index < -0.39 is 0 Å². The lowest BCUT2D eigenvalue weighted by Gasteiger charge is -2.12. The van der Waals surface area contributed by atoms with E-state index in [4.69, 9.17) is 11.6 Å². The first kappa shape index (κ1) is 15.3. The molecule has 5 heteroatoms. The minimum Gasteiger partial charge on any atom is -0.469 e. The molecule has 0 aromatic heterocycles. The molecule has 1 N–H and O–H groups in total. The summed E-state index contributed by atoms with van der Waals surface area (Å²) in [7, 11) is 3.31. The summed E-state index contributed by atoms with van der Waals surface area (Å²) in [6.07, 6.45) is 0.395. The Morgan fingerprint density at radius 3 is 2.83 bits per heavy atom. The third kappa shape index (κ3) is 4.52. The highest BCUT2D eigenvalue weighted by Crippen LogP contribution is 2.30. The Balaban J connectivity index is 2.60. The van der Waals surface area contributed by atoms with Crippen molar-refractivity contribution in [3.05, 3.63) is 28.8 Å². The highest BCUT2D eigenvalue weighted by atomic mass is 35.5. The first-order chi connectivity index (χ1) is 8.58. The summed E-state index contributed by atoms with van der Waals surface area (Å²) in [5, 5.41) is 3.89. The quantitative estimate of drug-likeness (QED) is 0.644. The van der Waals surface area contributed by atoms with Gasteiger partial charge in [0.2, 0.25) is 0 Å². The standard InChI is InChI=1S/C13H18ClNO2S/c1-9(15-2)10-4-5-12(11(14)8-10)18-7-6-13(16)17-3/h4-5,8-9,15H,6-7H2,1-3H3. The Bertz CT molecular complexity index is 412. The van der Waals surface area contributed by atoms with E-state index in [1.807, 2.05) is 25.2 Å². The number of benzene rings is 1.